The molecule has 0 saturated carbocycles. The summed E-state index contributed by atoms with van der Waals surface area (Å²) in [7, 11) is 3.65. The fourth-order valence-electron chi connectivity index (χ4n) is 1.93. The molecule has 1 saturated heterocycles. The van der Waals surface area contributed by atoms with E-state index in [0.717, 1.165) is 24.4 Å². The summed E-state index contributed by atoms with van der Waals surface area (Å²) in [4.78, 5) is 15.8. The SMILES string of the molecule is COc1cc(CN=C=O)ccc1OC1CN(C)C1. The molecule has 2 rings (SSSR count). The highest BCUT2D eigenvalue weighted by Crippen LogP contribution is 2.30. The zero-order valence-electron chi connectivity index (χ0n) is 10.5. The van der Waals surface area contributed by atoms with Gasteiger partial charge >= 0.3 is 0 Å². The highest BCUT2D eigenvalue weighted by atomic mass is 16.5. The Bertz CT molecular complexity index is 463. The third-order valence-electron chi connectivity index (χ3n) is 2.88. The van der Waals surface area contributed by atoms with Gasteiger partial charge in [0.2, 0.25) is 6.08 Å². The van der Waals surface area contributed by atoms with Crippen molar-refractivity contribution >= 4 is 6.08 Å². The van der Waals surface area contributed by atoms with E-state index >= 15 is 0 Å². The zero-order valence-corrected chi connectivity index (χ0v) is 10.5. The van der Waals surface area contributed by atoms with Crippen LogP contribution in [0.25, 0.3) is 0 Å². The average molecular weight is 248 g/mol. The predicted octanol–water partition coefficient (Wildman–Crippen LogP) is 1.22. The second-order valence-electron chi connectivity index (χ2n) is 4.35. The van der Waals surface area contributed by atoms with Crippen LogP contribution in [0.4, 0.5) is 0 Å². The molecule has 1 aromatic rings. The maximum atomic E-state index is 10.1. The van der Waals surface area contributed by atoms with Crippen molar-refractivity contribution in [3.05, 3.63) is 23.8 Å². The van der Waals surface area contributed by atoms with E-state index in [0.29, 0.717) is 12.3 Å². The van der Waals surface area contributed by atoms with E-state index in [1.807, 2.05) is 18.2 Å². The number of likely N-dealkylation sites (N-methyl/N-ethyl adjacent to an activating group) is 1. The van der Waals surface area contributed by atoms with E-state index < -0.39 is 0 Å². The topological polar surface area (TPSA) is 51.1 Å². The monoisotopic (exact) mass is 248 g/mol. The Morgan fingerprint density at radius 3 is 2.83 bits per heavy atom. The first-order chi connectivity index (χ1) is 8.72. The summed E-state index contributed by atoms with van der Waals surface area (Å²) < 4.78 is 11.1. The summed E-state index contributed by atoms with van der Waals surface area (Å²) in [5.41, 5.74) is 0.897. The van der Waals surface area contributed by atoms with Gasteiger partial charge in [0, 0.05) is 13.1 Å². The van der Waals surface area contributed by atoms with E-state index in [9.17, 15) is 4.79 Å². The fourth-order valence-corrected chi connectivity index (χ4v) is 1.93. The lowest BCUT2D eigenvalue weighted by atomic mass is 10.1. The van der Waals surface area contributed by atoms with Crippen LogP contribution >= 0.6 is 0 Å². The van der Waals surface area contributed by atoms with Gasteiger partial charge in [-0.1, -0.05) is 6.07 Å². The molecule has 0 radical (unpaired) electrons. The van der Waals surface area contributed by atoms with Gasteiger partial charge in [-0.2, -0.15) is 0 Å². The van der Waals surface area contributed by atoms with Gasteiger partial charge in [-0.3, -0.25) is 4.90 Å². The van der Waals surface area contributed by atoms with Crippen LogP contribution in [-0.2, 0) is 11.3 Å². The number of carbonyl (C=O) groups excluding carboxylic acids is 1. The molecule has 0 bridgehead atoms. The molecular formula is C13H16N2O3. The van der Waals surface area contributed by atoms with Crippen LogP contribution in [0.3, 0.4) is 0 Å². The van der Waals surface area contributed by atoms with Gasteiger partial charge in [-0.15, -0.1) is 0 Å². The van der Waals surface area contributed by atoms with Crippen LogP contribution in [0, 0.1) is 0 Å². The quantitative estimate of drug-likeness (QED) is 0.581. The molecule has 0 spiro atoms. The van der Waals surface area contributed by atoms with Crippen LogP contribution in [0.2, 0.25) is 0 Å². The van der Waals surface area contributed by atoms with E-state index in [1.165, 1.54) is 6.08 Å². The van der Waals surface area contributed by atoms with Crippen molar-refractivity contribution in [3.8, 4) is 11.5 Å². The minimum absolute atomic E-state index is 0.225. The van der Waals surface area contributed by atoms with E-state index in [-0.39, 0.29) is 6.10 Å². The molecule has 1 aromatic carbocycles. The number of hydrogen-bond acceptors (Lipinski definition) is 5. The molecule has 0 N–H and O–H groups in total. The predicted molar refractivity (Wildman–Crippen MR) is 66.7 cm³/mol. The molecule has 0 aromatic heterocycles. The second-order valence-corrected chi connectivity index (χ2v) is 4.35. The van der Waals surface area contributed by atoms with Crippen LogP contribution in [-0.4, -0.2) is 44.3 Å². The van der Waals surface area contributed by atoms with Gasteiger partial charge < -0.3 is 9.47 Å². The van der Waals surface area contributed by atoms with Crippen LogP contribution in [0.5, 0.6) is 11.5 Å². The summed E-state index contributed by atoms with van der Waals surface area (Å²) in [5.74, 6) is 1.40. The minimum atomic E-state index is 0.225. The summed E-state index contributed by atoms with van der Waals surface area (Å²) in [6.07, 6.45) is 1.75. The van der Waals surface area contributed by atoms with E-state index in [2.05, 4.69) is 16.9 Å². The molecule has 0 unspecified atom stereocenters. The molecule has 1 aliphatic heterocycles. The van der Waals surface area contributed by atoms with E-state index in [1.54, 1.807) is 7.11 Å². The largest absolute Gasteiger partial charge is 0.493 e. The minimum Gasteiger partial charge on any atom is -0.493 e. The third-order valence-corrected chi connectivity index (χ3v) is 2.88. The van der Waals surface area contributed by atoms with Crippen molar-refractivity contribution in [1.29, 1.82) is 0 Å². The highest BCUT2D eigenvalue weighted by Gasteiger charge is 2.25. The summed E-state index contributed by atoms with van der Waals surface area (Å²) in [5, 5.41) is 0. The van der Waals surface area contributed by atoms with Crippen molar-refractivity contribution in [1.82, 2.24) is 4.90 Å². The Labute approximate surface area is 106 Å². The molecule has 18 heavy (non-hydrogen) atoms. The molecule has 5 nitrogen and oxygen atoms in total. The molecule has 1 fully saturated rings. The summed E-state index contributed by atoms with van der Waals surface area (Å²) in [6, 6.07) is 5.56. The lowest BCUT2D eigenvalue weighted by Gasteiger charge is -2.36. The molecular weight excluding hydrogens is 232 g/mol. The molecule has 0 aliphatic carbocycles. The molecule has 0 atom stereocenters. The van der Waals surface area contributed by atoms with Crippen molar-refractivity contribution in [2.45, 2.75) is 12.6 Å². The van der Waals surface area contributed by atoms with Crippen molar-refractivity contribution in [2.75, 3.05) is 27.2 Å². The number of rotatable bonds is 5. The maximum absolute atomic E-state index is 10.1. The number of hydrogen-bond donors (Lipinski definition) is 0. The van der Waals surface area contributed by atoms with E-state index in [4.69, 9.17) is 9.47 Å². The number of methoxy groups -OCH3 is 1. The van der Waals surface area contributed by atoms with Crippen molar-refractivity contribution in [2.24, 2.45) is 4.99 Å². The van der Waals surface area contributed by atoms with Gasteiger partial charge in [-0.25, -0.2) is 9.79 Å². The Hall–Kier alpha value is -1.84. The Balaban J connectivity index is 2.07. The Morgan fingerprint density at radius 2 is 2.22 bits per heavy atom. The number of isocyanates is 1. The zero-order chi connectivity index (χ0) is 13.0. The number of aliphatic imine (C=N–C) groups is 1. The van der Waals surface area contributed by atoms with Gasteiger partial charge in [0.25, 0.3) is 0 Å². The molecule has 1 heterocycles. The third kappa shape index (κ3) is 2.88. The first-order valence-corrected chi connectivity index (χ1v) is 5.78. The normalized spacial score (nSPS) is 15.7. The first kappa shape index (κ1) is 12.6. The number of ether oxygens (including phenoxy) is 2. The van der Waals surface area contributed by atoms with Crippen molar-refractivity contribution < 1.29 is 14.3 Å². The van der Waals surface area contributed by atoms with Crippen molar-refractivity contribution in [3.63, 3.8) is 0 Å². The van der Waals surface area contributed by atoms with Crippen LogP contribution in [0.1, 0.15) is 5.56 Å². The molecule has 1 aliphatic rings. The van der Waals surface area contributed by atoms with Crippen LogP contribution in [0.15, 0.2) is 23.2 Å². The lowest BCUT2D eigenvalue weighted by Crippen LogP contribution is -2.51. The number of nitrogens with zero attached hydrogens (tertiary/aromatic N) is 2. The maximum Gasteiger partial charge on any atom is 0.235 e. The second kappa shape index (κ2) is 5.67. The standard InChI is InChI=1S/C13H16N2O3/c1-15-7-11(8-15)18-12-4-3-10(6-14-9-16)5-13(12)17-2/h3-5,11H,6-8H2,1-2H3. The lowest BCUT2D eigenvalue weighted by molar-refractivity contribution is 0.0369. The summed E-state index contributed by atoms with van der Waals surface area (Å²) in [6.45, 7) is 2.17. The van der Waals surface area contributed by atoms with Crippen LogP contribution < -0.4 is 9.47 Å². The number of likely N-dealkylation sites (tertiary alicyclic amines) is 1. The molecule has 0 amide bonds. The summed E-state index contributed by atoms with van der Waals surface area (Å²) >= 11 is 0. The van der Waals surface area contributed by atoms with Gasteiger partial charge in [-0.05, 0) is 24.7 Å². The Morgan fingerprint density at radius 1 is 1.44 bits per heavy atom. The first-order valence-electron chi connectivity index (χ1n) is 5.78. The van der Waals surface area contributed by atoms with Gasteiger partial charge in [0.05, 0.1) is 13.7 Å². The molecule has 5 heteroatoms. The highest BCUT2D eigenvalue weighted by molar-refractivity contribution is 5.44. The fraction of sp³-hybridized carbons (Fsp3) is 0.462. The molecule has 96 valence electrons. The number of benzene rings is 1. The average Bonchev–Trinajstić information content (AvgIpc) is 2.35. The van der Waals surface area contributed by atoms with Gasteiger partial charge in [0.15, 0.2) is 11.5 Å². The Kier molecular flexibility index (Phi) is 3.97. The smallest absolute Gasteiger partial charge is 0.235 e. The van der Waals surface area contributed by atoms with Gasteiger partial charge in [0.1, 0.15) is 6.10 Å².